The molecule has 4 heteroatoms. The first-order valence-electron chi connectivity index (χ1n) is 3.77. The topological polar surface area (TPSA) is 47.9 Å². The first kappa shape index (κ1) is 9.67. The summed E-state index contributed by atoms with van der Waals surface area (Å²) in [4.78, 5) is 0. The lowest BCUT2D eigenvalue weighted by molar-refractivity contribution is 0.0980. The van der Waals surface area contributed by atoms with Gasteiger partial charge in [-0.3, -0.25) is 0 Å². The molecule has 0 saturated carbocycles. The number of aliphatic hydroxyl groups excluding tert-OH is 1. The fourth-order valence-corrected chi connectivity index (χ4v) is 0.939. The summed E-state index contributed by atoms with van der Waals surface area (Å²) in [5.74, 6) is 1.77. The van der Waals surface area contributed by atoms with Crippen molar-refractivity contribution < 1.29 is 19.3 Å². The Bertz CT molecular complexity index is 250. The molecule has 0 aromatic heterocycles. The number of hydrogen-bond acceptors (Lipinski definition) is 4. The molecule has 4 nitrogen and oxygen atoms in total. The zero-order chi connectivity index (χ0) is 9.68. The minimum Gasteiger partial charge on any atom is -0.496 e. The molecule has 0 saturated heterocycles. The van der Waals surface area contributed by atoms with E-state index >= 15 is 0 Å². The van der Waals surface area contributed by atoms with Crippen LogP contribution in [0.2, 0.25) is 0 Å². The second-order valence-electron chi connectivity index (χ2n) is 2.32. The van der Waals surface area contributed by atoms with E-state index in [4.69, 9.17) is 19.3 Å². The van der Waals surface area contributed by atoms with Gasteiger partial charge in [-0.1, -0.05) is 0 Å². The van der Waals surface area contributed by atoms with Crippen molar-refractivity contribution in [3.05, 3.63) is 18.2 Å². The van der Waals surface area contributed by atoms with Crippen LogP contribution >= 0.6 is 0 Å². The molecule has 1 rings (SSSR count). The first-order valence-corrected chi connectivity index (χ1v) is 3.77. The molecule has 0 heterocycles. The van der Waals surface area contributed by atoms with Crippen LogP contribution in [0.15, 0.2) is 18.2 Å². The molecule has 1 N–H and O–H groups in total. The SMILES string of the molecule is COc1cc(OC)cc(OCO)c1. The molecule has 0 fully saturated rings. The van der Waals surface area contributed by atoms with E-state index in [9.17, 15) is 0 Å². The monoisotopic (exact) mass is 184 g/mol. The van der Waals surface area contributed by atoms with Crippen LogP contribution in [0.3, 0.4) is 0 Å². The average molecular weight is 184 g/mol. The third kappa shape index (κ3) is 2.52. The highest BCUT2D eigenvalue weighted by atomic mass is 16.6. The maximum Gasteiger partial charge on any atom is 0.186 e. The predicted octanol–water partition coefficient (Wildman–Crippen LogP) is 1.03. The molecule has 0 aliphatic rings. The number of aliphatic hydroxyl groups is 1. The Labute approximate surface area is 76.7 Å². The Morgan fingerprint density at radius 1 is 1.00 bits per heavy atom. The van der Waals surface area contributed by atoms with Gasteiger partial charge in [0.05, 0.1) is 14.2 Å². The lowest BCUT2D eigenvalue weighted by Crippen LogP contribution is -1.96. The van der Waals surface area contributed by atoms with Gasteiger partial charge in [0.1, 0.15) is 17.2 Å². The van der Waals surface area contributed by atoms with Crippen LogP contribution in [-0.2, 0) is 0 Å². The highest BCUT2D eigenvalue weighted by molar-refractivity contribution is 5.41. The van der Waals surface area contributed by atoms with Crippen LogP contribution in [0.1, 0.15) is 0 Å². The minimum absolute atomic E-state index is 0.365. The molecule has 0 radical (unpaired) electrons. The number of rotatable bonds is 4. The highest BCUT2D eigenvalue weighted by Gasteiger charge is 2.01. The maximum atomic E-state index is 8.54. The summed E-state index contributed by atoms with van der Waals surface area (Å²) in [5.41, 5.74) is 0. The summed E-state index contributed by atoms with van der Waals surface area (Å²) in [6.07, 6.45) is 0. The van der Waals surface area contributed by atoms with Gasteiger partial charge in [0.15, 0.2) is 6.79 Å². The smallest absolute Gasteiger partial charge is 0.186 e. The molecule has 0 amide bonds. The quantitative estimate of drug-likeness (QED) is 0.710. The predicted molar refractivity (Wildman–Crippen MR) is 47.3 cm³/mol. The molecule has 1 aromatic carbocycles. The molecule has 0 aliphatic heterocycles. The van der Waals surface area contributed by atoms with Crippen LogP contribution in [0.5, 0.6) is 17.2 Å². The number of hydrogen-bond donors (Lipinski definition) is 1. The van der Waals surface area contributed by atoms with Crippen LogP contribution in [0.25, 0.3) is 0 Å². The van der Waals surface area contributed by atoms with Crippen molar-refractivity contribution in [1.82, 2.24) is 0 Å². The number of benzene rings is 1. The van der Waals surface area contributed by atoms with E-state index in [2.05, 4.69) is 0 Å². The number of ether oxygens (including phenoxy) is 3. The Balaban J connectivity index is 2.93. The van der Waals surface area contributed by atoms with E-state index in [1.54, 1.807) is 32.4 Å². The summed E-state index contributed by atoms with van der Waals surface area (Å²) in [6, 6.07) is 5.06. The molecule has 0 atom stereocenters. The van der Waals surface area contributed by atoms with Gasteiger partial charge in [-0.15, -0.1) is 0 Å². The van der Waals surface area contributed by atoms with Crippen LogP contribution in [-0.4, -0.2) is 26.1 Å². The molecule has 0 unspecified atom stereocenters. The van der Waals surface area contributed by atoms with E-state index < -0.39 is 0 Å². The molecule has 0 bridgehead atoms. The third-order valence-electron chi connectivity index (χ3n) is 1.56. The van der Waals surface area contributed by atoms with Gasteiger partial charge < -0.3 is 19.3 Å². The van der Waals surface area contributed by atoms with Gasteiger partial charge >= 0.3 is 0 Å². The normalized spacial score (nSPS) is 9.46. The molecule has 72 valence electrons. The van der Waals surface area contributed by atoms with Crippen LogP contribution < -0.4 is 14.2 Å². The van der Waals surface area contributed by atoms with Crippen molar-refractivity contribution in [2.75, 3.05) is 21.0 Å². The maximum absolute atomic E-state index is 8.54. The van der Waals surface area contributed by atoms with Crippen molar-refractivity contribution in [3.63, 3.8) is 0 Å². The van der Waals surface area contributed by atoms with Gasteiger partial charge in [0.2, 0.25) is 0 Å². The molecule has 13 heavy (non-hydrogen) atoms. The van der Waals surface area contributed by atoms with Crippen molar-refractivity contribution in [2.24, 2.45) is 0 Å². The van der Waals surface area contributed by atoms with E-state index in [-0.39, 0.29) is 6.79 Å². The molecule has 1 aromatic rings. The van der Waals surface area contributed by atoms with Gasteiger partial charge in [-0.05, 0) is 0 Å². The van der Waals surface area contributed by atoms with E-state index in [0.29, 0.717) is 17.2 Å². The van der Waals surface area contributed by atoms with Gasteiger partial charge in [0.25, 0.3) is 0 Å². The number of methoxy groups -OCH3 is 2. The summed E-state index contributed by atoms with van der Waals surface area (Å²) < 4.78 is 14.9. The molecule has 0 spiro atoms. The molecule has 0 aliphatic carbocycles. The Hall–Kier alpha value is -1.42. The largest absolute Gasteiger partial charge is 0.496 e. The second kappa shape index (κ2) is 4.57. The fraction of sp³-hybridized carbons (Fsp3) is 0.333. The van der Waals surface area contributed by atoms with E-state index in [0.717, 1.165) is 0 Å². The first-order chi connectivity index (χ1) is 6.30. The van der Waals surface area contributed by atoms with Crippen molar-refractivity contribution in [1.29, 1.82) is 0 Å². The fourth-order valence-electron chi connectivity index (χ4n) is 0.939. The Kier molecular flexibility index (Phi) is 3.40. The zero-order valence-corrected chi connectivity index (χ0v) is 7.61. The highest BCUT2D eigenvalue weighted by Crippen LogP contribution is 2.27. The summed E-state index contributed by atoms with van der Waals surface area (Å²) in [5, 5.41) is 8.54. The van der Waals surface area contributed by atoms with Crippen LogP contribution in [0.4, 0.5) is 0 Å². The zero-order valence-electron chi connectivity index (χ0n) is 7.61. The Morgan fingerprint density at radius 3 is 1.85 bits per heavy atom. The standard InChI is InChI=1S/C9H12O4/c1-11-7-3-8(12-2)5-9(4-7)13-6-10/h3-5,10H,6H2,1-2H3. The summed E-state index contributed by atoms with van der Waals surface area (Å²) >= 11 is 0. The minimum atomic E-state index is -0.365. The molecular weight excluding hydrogens is 172 g/mol. The lowest BCUT2D eigenvalue weighted by atomic mass is 10.3. The summed E-state index contributed by atoms with van der Waals surface area (Å²) in [7, 11) is 3.11. The van der Waals surface area contributed by atoms with Gasteiger partial charge in [-0.25, -0.2) is 0 Å². The van der Waals surface area contributed by atoms with Gasteiger partial charge in [0, 0.05) is 18.2 Å². The van der Waals surface area contributed by atoms with Crippen molar-refractivity contribution in [3.8, 4) is 17.2 Å². The lowest BCUT2D eigenvalue weighted by Gasteiger charge is -2.07. The molecular formula is C9H12O4. The van der Waals surface area contributed by atoms with Crippen molar-refractivity contribution in [2.45, 2.75) is 0 Å². The average Bonchev–Trinajstić information content (AvgIpc) is 2.17. The Morgan fingerprint density at radius 2 is 1.46 bits per heavy atom. The third-order valence-corrected chi connectivity index (χ3v) is 1.56. The summed E-state index contributed by atoms with van der Waals surface area (Å²) in [6.45, 7) is -0.365. The van der Waals surface area contributed by atoms with Crippen molar-refractivity contribution >= 4 is 0 Å². The van der Waals surface area contributed by atoms with E-state index in [1.807, 2.05) is 0 Å². The van der Waals surface area contributed by atoms with E-state index in [1.165, 1.54) is 0 Å². The van der Waals surface area contributed by atoms with Gasteiger partial charge in [-0.2, -0.15) is 0 Å². The second-order valence-corrected chi connectivity index (χ2v) is 2.32. The van der Waals surface area contributed by atoms with Crippen LogP contribution in [0, 0.1) is 0 Å².